The topological polar surface area (TPSA) is 26.0 Å². The van der Waals surface area contributed by atoms with Crippen LogP contribution in [0.1, 0.15) is 17.2 Å². The maximum absolute atomic E-state index is 12.8. The monoisotopic (exact) mass is 377 g/mol. The van der Waals surface area contributed by atoms with Crippen LogP contribution in [-0.2, 0) is 6.42 Å². The van der Waals surface area contributed by atoms with Gasteiger partial charge in [-0.1, -0.05) is 12.1 Å². The van der Waals surface area contributed by atoms with Crippen molar-refractivity contribution in [1.82, 2.24) is 0 Å². The summed E-state index contributed by atoms with van der Waals surface area (Å²) in [6, 6.07) is 8.39. The first kappa shape index (κ1) is 13.2. The third-order valence-corrected chi connectivity index (χ3v) is 4.84. The molecule has 2 rings (SSSR count). The predicted molar refractivity (Wildman–Crippen MR) is 76.8 cm³/mol. The first-order valence-corrected chi connectivity index (χ1v) is 7.41. The summed E-state index contributed by atoms with van der Waals surface area (Å²) in [5, 5.41) is 0. The molecule has 0 aliphatic rings. The highest BCUT2D eigenvalue weighted by Gasteiger charge is 2.13. The summed E-state index contributed by atoms with van der Waals surface area (Å²) in [4.78, 5) is 0. The van der Waals surface area contributed by atoms with Crippen LogP contribution in [-0.4, -0.2) is 0 Å². The molecule has 0 aliphatic carbocycles. The summed E-state index contributed by atoms with van der Waals surface area (Å²) < 4.78 is 14.9. The van der Waals surface area contributed by atoms with Crippen molar-refractivity contribution in [2.24, 2.45) is 5.73 Å². The molecule has 0 fully saturated rings. The van der Waals surface area contributed by atoms with E-state index in [4.69, 9.17) is 5.73 Å². The number of benzene rings is 1. The second-order valence-corrected chi connectivity index (χ2v) is 7.47. The fourth-order valence-electron chi connectivity index (χ4n) is 1.59. The number of thiophene rings is 1. The highest BCUT2D eigenvalue weighted by atomic mass is 79.9. The first-order valence-electron chi connectivity index (χ1n) is 5.01. The van der Waals surface area contributed by atoms with E-state index < -0.39 is 0 Å². The number of rotatable bonds is 3. The summed E-state index contributed by atoms with van der Waals surface area (Å²) in [6.45, 7) is 0. The fraction of sp³-hybridized carbons (Fsp3) is 0.167. The Balaban J connectivity index is 2.14. The smallest absolute Gasteiger partial charge is 0.123 e. The summed E-state index contributed by atoms with van der Waals surface area (Å²) in [7, 11) is 0. The van der Waals surface area contributed by atoms with Gasteiger partial charge in [-0.15, -0.1) is 11.3 Å². The summed E-state index contributed by atoms with van der Waals surface area (Å²) in [5.41, 5.74) is 8.25. The van der Waals surface area contributed by atoms with Gasteiger partial charge in [0.05, 0.1) is 7.57 Å². The largest absolute Gasteiger partial charge is 0.324 e. The van der Waals surface area contributed by atoms with Crippen molar-refractivity contribution in [2.45, 2.75) is 12.5 Å². The molecule has 1 nitrogen and oxygen atoms in total. The molecule has 0 amide bonds. The standard InChI is InChI=1S/C12H10Br2FNS/c13-11-6-9(12(14)17-11)10(16)5-7-1-3-8(15)4-2-7/h1-4,6,10H,5,16H2. The van der Waals surface area contributed by atoms with Gasteiger partial charge in [-0.2, -0.15) is 0 Å². The molecule has 90 valence electrons. The second kappa shape index (κ2) is 5.61. The summed E-state index contributed by atoms with van der Waals surface area (Å²) in [6.07, 6.45) is 0.696. The van der Waals surface area contributed by atoms with Gasteiger partial charge in [0.2, 0.25) is 0 Å². The van der Waals surface area contributed by atoms with E-state index in [9.17, 15) is 4.39 Å². The number of hydrogen-bond acceptors (Lipinski definition) is 2. The van der Waals surface area contributed by atoms with E-state index in [0.29, 0.717) is 6.42 Å². The molecule has 1 unspecified atom stereocenters. The SMILES string of the molecule is NC(Cc1ccc(F)cc1)c1cc(Br)sc1Br. The van der Waals surface area contributed by atoms with Crippen LogP contribution in [0.4, 0.5) is 4.39 Å². The van der Waals surface area contributed by atoms with Gasteiger partial charge in [0.15, 0.2) is 0 Å². The van der Waals surface area contributed by atoms with Crippen molar-refractivity contribution < 1.29 is 4.39 Å². The molecule has 0 radical (unpaired) electrons. The van der Waals surface area contributed by atoms with Crippen molar-refractivity contribution >= 4 is 43.2 Å². The highest BCUT2D eigenvalue weighted by molar-refractivity contribution is 9.12. The van der Waals surface area contributed by atoms with Crippen LogP contribution >= 0.6 is 43.2 Å². The molecule has 1 atom stereocenters. The van der Waals surface area contributed by atoms with Crippen molar-refractivity contribution in [3.8, 4) is 0 Å². The van der Waals surface area contributed by atoms with Crippen LogP contribution in [0.25, 0.3) is 0 Å². The average Bonchev–Trinajstić information content (AvgIpc) is 2.61. The van der Waals surface area contributed by atoms with Crippen molar-refractivity contribution in [3.63, 3.8) is 0 Å². The molecular formula is C12H10Br2FNS. The summed E-state index contributed by atoms with van der Waals surface area (Å²) in [5.74, 6) is -0.221. The van der Waals surface area contributed by atoms with E-state index >= 15 is 0 Å². The van der Waals surface area contributed by atoms with Gasteiger partial charge >= 0.3 is 0 Å². The Morgan fingerprint density at radius 2 is 1.88 bits per heavy atom. The number of halogens is 3. The maximum Gasteiger partial charge on any atom is 0.123 e. The Bertz CT molecular complexity index is 510. The lowest BCUT2D eigenvalue weighted by Crippen LogP contribution is -2.12. The zero-order valence-corrected chi connectivity index (χ0v) is 12.8. The molecule has 0 spiro atoms. The molecule has 0 saturated heterocycles. The van der Waals surface area contributed by atoms with E-state index in [0.717, 1.165) is 18.7 Å². The normalized spacial score (nSPS) is 12.7. The molecule has 2 N–H and O–H groups in total. The van der Waals surface area contributed by atoms with E-state index in [2.05, 4.69) is 31.9 Å². The van der Waals surface area contributed by atoms with E-state index in [1.807, 2.05) is 6.07 Å². The Morgan fingerprint density at radius 1 is 1.24 bits per heavy atom. The van der Waals surface area contributed by atoms with Gasteiger partial charge < -0.3 is 5.73 Å². The van der Waals surface area contributed by atoms with Crippen molar-refractivity contribution in [3.05, 3.63) is 54.8 Å². The van der Waals surface area contributed by atoms with Crippen LogP contribution in [0.2, 0.25) is 0 Å². The van der Waals surface area contributed by atoms with Crippen LogP contribution in [0.15, 0.2) is 37.9 Å². The van der Waals surface area contributed by atoms with Gasteiger partial charge in [0.25, 0.3) is 0 Å². The average molecular weight is 379 g/mol. The molecule has 1 aromatic carbocycles. The first-order chi connectivity index (χ1) is 8.06. The van der Waals surface area contributed by atoms with Crippen LogP contribution in [0, 0.1) is 5.82 Å². The molecule has 5 heteroatoms. The Kier molecular flexibility index (Phi) is 4.36. The molecule has 2 aromatic rings. The second-order valence-electron chi connectivity index (χ2n) is 3.72. The Labute approximate surface area is 120 Å². The third-order valence-electron chi connectivity index (χ3n) is 2.45. The Morgan fingerprint density at radius 3 is 2.41 bits per heavy atom. The minimum atomic E-state index is -0.221. The van der Waals surface area contributed by atoms with Crippen molar-refractivity contribution in [2.75, 3.05) is 0 Å². The van der Waals surface area contributed by atoms with Gasteiger partial charge in [0, 0.05) is 6.04 Å². The quantitative estimate of drug-likeness (QED) is 0.826. The van der Waals surface area contributed by atoms with Gasteiger partial charge in [-0.3, -0.25) is 0 Å². The van der Waals surface area contributed by atoms with E-state index in [-0.39, 0.29) is 11.9 Å². The zero-order chi connectivity index (χ0) is 12.4. The van der Waals surface area contributed by atoms with Gasteiger partial charge in [-0.25, -0.2) is 4.39 Å². The predicted octanol–water partition coefficient (Wildman–Crippen LogP) is 4.65. The molecule has 1 heterocycles. The minimum absolute atomic E-state index is 0.0858. The molecule has 0 bridgehead atoms. The van der Waals surface area contributed by atoms with E-state index in [1.165, 1.54) is 12.1 Å². The number of hydrogen-bond donors (Lipinski definition) is 1. The molecular weight excluding hydrogens is 369 g/mol. The zero-order valence-electron chi connectivity index (χ0n) is 8.79. The fourth-order valence-corrected chi connectivity index (χ4v) is 4.59. The molecule has 17 heavy (non-hydrogen) atoms. The van der Waals surface area contributed by atoms with Gasteiger partial charge in [-0.05, 0) is 67.6 Å². The lowest BCUT2D eigenvalue weighted by molar-refractivity contribution is 0.625. The lowest BCUT2D eigenvalue weighted by atomic mass is 10.0. The van der Waals surface area contributed by atoms with Crippen LogP contribution in [0.3, 0.4) is 0 Å². The van der Waals surface area contributed by atoms with Gasteiger partial charge in [0.1, 0.15) is 5.82 Å². The van der Waals surface area contributed by atoms with Crippen LogP contribution in [0.5, 0.6) is 0 Å². The molecule has 1 aromatic heterocycles. The number of nitrogens with two attached hydrogens (primary N) is 1. The minimum Gasteiger partial charge on any atom is -0.324 e. The van der Waals surface area contributed by atoms with Crippen LogP contribution < -0.4 is 5.73 Å². The molecule has 0 aliphatic heterocycles. The Hall–Kier alpha value is -0.230. The molecule has 0 saturated carbocycles. The highest BCUT2D eigenvalue weighted by Crippen LogP contribution is 2.35. The maximum atomic E-state index is 12.8. The summed E-state index contributed by atoms with van der Waals surface area (Å²) >= 11 is 8.52. The van der Waals surface area contributed by atoms with E-state index in [1.54, 1.807) is 23.5 Å². The lowest BCUT2D eigenvalue weighted by Gasteiger charge is -2.10. The third kappa shape index (κ3) is 3.37. The van der Waals surface area contributed by atoms with Crippen molar-refractivity contribution in [1.29, 1.82) is 0 Å².